The molecule has 0 amide bonds. The van der Waals surface area contributed by atoms with Gasteiger partial charge >= 0.3 is 0 Å². The highest BCUT2D eigenvalue weighted by Gasteiger charge is 2.61. The topological polar surface area (TPSA) is 25.1 Å². The third kappa shape index (κ3) is 1.84. The maximum atomic E-state index is 5.96. The van der Waals surface area contributed by atoms with E-state index in [0.717, 1.165) is 11.8 Å². The highest BCUT2D eigenvalue weighted by molar-refractivity contribution is 5.09. The normalized spacial score (nSPS) is 55.3. The molecule has 0 spiro atoms. The Morgan fingerprint density at radius 1 is 0.667 bits per heavy atom. The molecule has 2 nitrogen and oxygen atoms in total. The minimum Gasteiger partial charge on any atom is -0.369 e. The van der Waals surface area contributed by atoms with Crippen molar-refractivity contribution in [1.82, 2.24) is 0 Å². The van der Waals surface area contributed by atoms with Crippen molar-refractivity contribution in [2.24, 2.45) is 22.7 Å². The Hall–Kier alpha value is -0.0800. The molecule has 0 N–H and O–H groups in total. The second kappa shape index (κ2) is 3.32. The first-order valence-electron chi connectivity index (χ1n) is 7.66. The quantitative estimate of drug-likeness (QED) is 0.666. The molecule has 4 fully saturated rings. The van der Waals surface area contributed by atoms with Gasteiger partial charge in [-0.1, -0.05) is 27.7 Å². The van der Waals surface area contributed by atoms with Crippen molar-refractivity contribution in [1.29, 1.82) is 0 Å². The molecule has 102 valence electrons. The second-order valence-electron chi connectivity index (χ2n) is 8.75. The fourth-order valence-corrected chi connectivity index (χ4v) is 4.95. The Morgan fingerprint density at radius 2 is 1.06 bits per heavy atom. The van der Waals surface area contributed by atoms with Gasteiger partial charge in [-0.3, -0.25) is 0 Å². The molecule has 2 aliphatic carbocycles. The van der Waals surface area contributed by atoms with E-state index in [2.05, 4.69) is 27.7 Å². The third-order valence-corrected chi connectivity index (χ3v) is 5.72. The number of fused-ring (bicyclic) bond motifs is 2. The number of hydrogen-bond donors (Lipinski definition) is 0. The van der Waals surface area contributed by atoms with Crippen molar-refractivity contribution in [3.63, 3.8) is 0 Å². The average molecular weight is 250 g/mol. The highest BCUT2D eigenvalue weighted by atomic mass is 16.6. The zero-order valence-electron chi connectivity index (χ0n) is 12.1. The van der Waals surface area contributed by atoms with E-state index in [0.29, 0.717) is 35.2 Å². The van der Waals surface area contributed by atoms with E-state index in [1.54, 1.807) is 0 Å². The lowest BCUT2D eigenvalue weighted by atomic mass is 9.61. The monoisotopic (exact) mass is 250 g/mol. The molecule has 0 bridgehead atoms. The lowest BCUT2D eigenvalue weighted by Gasteiger charge is -2.41. The maximum Gasteiger partial charge on any atom is 0.0874 e. The molecule has 0 aromatic carbocycles. The number of epoxide rings is 2. The van der Waals surface area contributed by atoms with Gasteiger partial charge in [-0.2, -0.15) is 0 Å². The Balaban J connectivity index is 1.56. The van der Waals surface area contributed by atoms with Crippen LogP contribution >= 0.6 is 0 Å². The SMILES string of the molecule is CC1(C)CC2OC2C(C2CC(C)(C)CC3OC32)C1. The molecule has 18 heavy (non-hydrogen) atoms. The molecule has 0 aromatic rings. The summed E-state index contributed by atoms with van der Waals surface area (Å²) in [5.74, 6) is 1.52. The van der Waals surface area contributed by atoms with Crippen LogP contribution in [0.1, 0.15) is 53.4 Å². The van der Waals surface area contributed by atoms with E-state index in [1.165, 1.54) is 25.7 Å². The lowest BCUT2D eigenvalue weighted by molar-refractivity contribution is 0.0925. The van der Waals surface area contributed by atoms with Crippen LogP contribution in [-0.2, 0) is 9.47 Å². The summed E-state index contributed by atoms with van der Waals surface area (Å²) in [5, 5.41) is 0. The van der Waals surface area contributed by atoms with E-state index in [4.69, 9.17) is 9.47 Å². The van der Waals surface area contributed by atoms with E-state index >= 15 is 0 Å². The molecular formula is C16H26O2. The zero-order chi connectivity index (χ0) is 12.7. The Bertz CT molecular complexity index is 337. The van der Waals surface area contributed by atoms with Crippen molar-refractivity contribution < 1.29 is 9.47 Å². The first kappa shape index (κ1) is 11.7. The van der Waals surface area contributed by atoms with Crippen molar-refractivity contribution in [2.45, 2.75) is 77.8 Å². The van der Waals surface area contributed by atoms with E-state index in [9.17, 15) is 0 Å². The third-order valence-electron chi connectivity index (χ3n) is 5.72. The largest absolute Gasteiger partial charge is 0.369 e. The van der Waals surface area contributed by atoms with Crippen LogP contribution in [0.15, 0.2) is 0 Å². The lowest BCUT2D eigenvalue weighted by Crippen LogP contribution is -2.40. The molecule has 6 atom stereocenters. The fraction of sp³-hybridized carbons (Fsp3) is 1.00. The van der Waals surface area contributed by atoms with E-state index in [1.807, 2.05) is 0 Å². The summed E-state index contributed by atoms with van der Waals surface area (Å²) in [6.07, 6.45) is 7.48. The van der Waals surface area contributed by atoms with Crippen LogP contribution in [0, 0.1) is 22.7 Å². The van der Waals surface area contributed by atoms with Crippen LogP contribution in [-0.4, -0.2) is 24.4 Å². The molecule has 2 heterocycles. The summed E-state index contributed by atoms with van der Waals surface area (Å²) < 4.78 is 11.9. The van der Waals surface area contributed by atoms with E-state index in [-0.39, 0.29) is 0 Å². The van der Waals surface area contributed by atoms with Gasteiger partial charge < -0.3 is 9.47 Å². The van der Waals surface area contributed by atoms with Crippen LogP contribution in [0.4, 0.5) is 0 Å². The van der Waals surface area contributed by atoms with Gasteiger partial charge in [0.2, 0.25) is 0 Å². The molecule has 0 aromatic heterocycles. The number of ether oxygens (including phenoxy) is 2. The van der Waals surface area contributed by atoms with Crippen molar-refractivity contribution in [3.05, 3.63) is 0 Å². The van der Waals surface area contributed by atoms with Gasteiger partial charge in [0.15, 0.2) is 0 Å². The molecule has 6 unspecified atom stereocenters. The van der Waals surface area contributed by atoms with Crippen molar-refractivity contribution in [3.8, 4) is 0 Å². The molecule has 2 heteroatoms. The zero-order valence-corrected chi connectivity index (χ0v) is 12.1. The average Bonchev–Trinajstić information content (AvgIpc) is 3.06. The van der Waals surface area contributed by atoms with Crippen LogP contribution in [0.3, 0.4) is 0 Å². The smallest absolute Gasteiger partial charge is 0.0874 e. The fourth-order valence-electron chi connectivity index (χ4n) is 4.95. The van der Waals surface area contributed by atoms with E-state index < -0.39 is 0 Å². The number of hydrogen-bond acceptors (Lipinski definition) is 2. The molecule has 4 aliphatic rings. The van der Waals surface area contributed by atoms with Gasteiger partial charge in [0.05, 0.1) is 24.4 Å². The summed E-state index contributed by atoms with van der Waals surface area (Å²) in [5.41, 5.74) is 0.933. The first-order chi connectivity index (χ1) is 8.35. The molecular weight excluding hydrogens is 224 g/mol. The molecule has 0 radical (unpaired) electrons. The summed E-state index contributed by atoms with van der Waals surface area (Å²) in [6, 6.07) is 0. The van der Waals surface area contributed by atoms with Crippen molar-refractivity contribution in [2.75, 3.05) is 0 Å². The molecule has 4 rings (SSSR count). The van der Waals surface area contributed by atoms with Crippen LogP contribution in [0.2, 0.25) is 0 Å². The van der Waals surface area contributed by atoms with Gasteiger partial charge in [0.1, 0.15) is 0 Å². The molecule has 2 aliphatic heterocycles. The minimum atomic E-state index is 0.467. The standard InChI is InChI=1S/C16H26O2/c1-15(2)5-9(13-11(7-15)17-13)10-6-16(3,4)8-12-14(10)18-12/h9-14H,5-8H2,1-4H3. The van der Waals surface area contributed by atoms with Crippen LogP contribution in [0.25, 0.3) is 0 Å². The summed E-state index contributed by atoms with van der Waals surface area (Å²) in [6.45, 7) is 9.66. The highest BCUT2D eigenvalue weighted by Crippen LogP contribution is 2.59. The summed E-state index contributed by atoms with van der Waals surface area (Å²) in [7, 11) is 0. The predicted octanol–water partition coefficient (Wildman–Crippen LogP) is 3.39. The van der Waals surface area contributed by atoms with Crippen molar-refractivity contribution >= 4 is 0 Å². The van der Waals surface area contributed by atoms with Crippen LogP contribution in [0.5, 0.6) is 0 Å². The summed E-state index contributed by atoms with van der Waals surface area (Å²) in [4.78, 5) is 0. The molecule has 2 saturated heterocycles. The van der Waals surface area contributed by atoms with Gasteiger partial charge in [-0.25, -0.2) is 0 Å². The first-order valence-corrected chi connectivity index (χ1v) is 7.66. The maximum absolute atomic E-state index is 5.96. The van der Waals surface area contributed by atoms with Gasteiger partial charge in [0, 0.05) is 0 Å². The second-order valence-corrected chi connectivity index (χ2v) is 8.75. The Labute approximate surface area is 110 Å². The van der Waals surface area contributed by atoms with Gasteiger partial charge in [-0.15, -0.1) is 0 Å². The molecule has 2 saturated carbocycles. The van der Waals surface area contributed by atoms with Crippen LogP contribution < -0.4 is 0 Å². The van der Waals surface area contributed by atoms with Gasteiger partial charge in [0.25, 0.3) is 0 Å². The Morgan fingerprint density at radius 3 is 1.44 bits per heavy atom. The van der Waals surface area contributed by atoms with Gasteiger partial charge in [-0.05, 0) is 48.3 Å². The minimum absolute atomic E-state index is 0.467. The Kier molecular flexibility index (Phi) is 2.16. The summed E-state index contributed by atoms with van der Waals surface area (Å²) >= 11 is 0. The predicted molar refractivity (Wildman–Crippen MR) is 70.3 cm³/mol. The number of rotatable bonds is 1.